The second-order valence-electron chi connectivity index (χ2n) is 4.39. The second kappa shape index (κ2) is 3.59. The van der Waals surface area contributed by atoms with E-state index in [0.717, 1.165) is 17.9 Å². The lowest BCUT2D eigenvalue weighted by Gasteiger charge is -2.33. The quantitative estimate of drug-likeness (QED) is 0.648. The maximum absolute atomic E-state index is 2.69. The molecule has 0 radical (unpaired) electrons. The molecule has 12 heavy (non-hydrogen) atoms. The lowest BCUT2D eigenvalue weighted by atomic mass is 10.2. The molecular weight excluding hydrogens is 166 g/mol. The van der Waals surface area contributed by atoms with Gasteiger partial charge in [0.15, 0.2) is 0 Å². The Kier molecular flexibility index (Phi) is 2.66. The van der Waals surface area contributed by atoms with Gasteiger partial charge in [0.25, 0.3) is 0 Å². The number of nitrogens with zero attached hydrogens (tertiary/aromatic N) is 1. The van der Waals surface area contributed by atoms with Crippen molar-refractivity contribution in [2.75, 3.05) is 24.6 Å². The van der Waals surface area contributed by atoms with E-state index in [2.05, 4.69) is 30.5 Å². The van der Waals surface area contributed by atoms with Crippen molar-refractivity contribution in [3.8, 4) is 0 Å². The average molecular weight is 185 g/mol. The van der Waals surface area contributed by atoms with E-state index in [1.165, 1.54) is 31.0 Å². The lowest BCUT2D eigenvalue weighted by Crippen LogP contribution is -2.41. The van der Waals surface area contributed by atoms with Crippen LogP contribution >= 0.6 is 11.8 Å². The molecule has 3 unspecified atom stereocenters. The van der Waals surface area contributed by atoms with Gasteiger partial charge in [0.1, 0.15) is 0 Å². The molecular formula is C10H19NS. The van der Waals surface area contributed by atoms with Crippen LogP contribution in [-0.2, 0) is 0 Å². The van der Waals surface area contributed by atoms with Gasteiger partial charge < -0.3 is 0 Å². The minimum absolute atomic E-state index is 0.830. The summed E-state index contributed by atoms with van der Waals surface area (Å²) in [5, 5.41) is 0. The van der Waals surface area contributed by atoms with Crippen LogP contribution in [-0.4, -0.2) is 35.5 Å². The van der Waals surface area contributed by atoms with E-state index < -0.39 is 0 Å². The molecule has 70 valence electrons. The van der Waals surface area contributed by atoms with Crippen molar-refractivity contribution in [1.82, 2.24) is 4.90 Å². The first-order valence-corrected chi connectivity index (χ1v) is 6.24. The van der Waals surface area contributed by atoms with Gasteiger partial charge in [-0.3, -0.25) is 4.90 Å². The molecule has 0 aromatic rings. The summed E-state index contributed by atoms with van der Waals surface area (Å²) in [6, 6.07) is 0.830. The van der Waals surface area contributed by atoms with Gasteiger partial charge in [-0.05, 0) is 25.2 Å². The molecule has 1 saturated heterocycles. The molecule has 0 aromatic heterocycles. The molecule has 1 aliphatic heterocycles. The average Bonchev–Trinajstić information content (AvgIpc) is 2.72. The number of hydrogen-bond acceptors (Lipinski definition) is 2. The predicted octanol–water partition coefficient (Wildman–Crippen LogP) is 2.08. The topological polar surface area (TPSA) is 3.24 Å². The molecule has 1 heterocycles. The second-order valence-corrected chi connectivity index (χ2v) is 5.54. The van der Waals surface area contributed by atoms with Crippen LogP contribution in [0.5, 0.6) is 0 Å². The number of rotatable bonds is 2. The summed E-state index contributed by atoms with van der Waals surface area (Å²) in [6.45, 7) is 7.46. The van der Waals surface area contributed by atoms with Gasteiger partial charge in [-0.25, -0.2) is 0 Å². The lowest BCUT2D eigenvalue weighted by molar-refractivity contribution is 0.220. The van der Waals surface area contributed by atoms with E-state index in [-0.39, 0.29) is 0 Å². The summed E-state index contributed by atoms with van der Waals surface area (Å²) in [4.78, 5) is 2.69. The summed E-state index contributed by atoms with van der Waals surface area (Å²) in [7, 11) is 0. The molecule has 0 amide bonds. The van der Waals surface area contributed by atoms with Crippen molar-refractivity contribution in [3.63, 3.8) is 0 Å². The summed E-state index contributed by atoms with van der Waals surface area (Å²) in [5.74, 6) is 4.76. The first kappa shape index (κ1) is 8.89. The van der Waals surface area contributed by atoms with Crippen LogP contribution in [0.3, 0.4) is 0 Å². The fourth-order valence-corrected chi connectivity index (χ4v) is 3.07. The van der Waals surface area contributed by atoms with E-state index >= 15 is 0 Å². The van der Waals surface area contributed by atoms with Crippen molar-refractivity contribution in [2.24, 2.45) is 11.8 Å². The Labute approximate surface area is 79.9 Å². The highest BCUT2D eigenvalue weighted by Gasteiger charge is 2.35. The van der Waals surface area contributed by atoms with Crippen molar-refractivity contribution in [2.45, 2.75) is 26.3 Å². The summed E-state index contributed by atoms with van der Waals surface area (Å²) in [6.07, 6.45) is 1.48. The molecule has 1 saturated carbocycles. The predicted molar refractivity (Wildman–Crippen MR) is 55.6 cm³/mol. The molecule has 0 spiro atoms. The standard InChI is InChI=1S/C10H19NS/c1-8-5-10(8)6-11-3-4-12-7-9(11)2/h8-10H,3-7H2,1-2H3. The Bertz CT molecular complexity index is 160. The molecule has 2 fully saturated rings. The molecule has 1 nitrogen and oxygen atoms in total. The van der Waals surface area contributed by atoms with E-state index in [1.807, 2.05) is 0 Å². The molecule has 0 bridgehead atoms. The van der Waals surface area contributed by atoms with Crippen LogP contribution in [0.4, 0.5) is 0 Å². The highest BCUT2D eigenvalue weighted by atomic mass is 32.2. The third-order valence-electron chi connectivity index (χ3n) is 3.25. The number of hydrogen-bond donors (Lipinski definition) is 0. The van der Waals surface area contributed by atoms with E-state index in [4.69, 9.17) is 0 Å². The highest BCUT2D eigenvalue weighted by Crippen LogP contribution is 2.38. The SMILES string of the molecule is CC1CC1CN1CCSCC1C. The first-order chi connectivity index (χ1) is 5.77. The Hall–Kier alpha value is 0.310. The van der Waals surface area contributed by atoms with Crippen LogP contribution < -0.4 is 0 Å². The summed E-state index contributed by atoms with van der Waals surface area (Å²) < 4.78 is 0. The van der Waals surface area contributed by atoms with Crippen molar-refractivity contribution in [1.29, 1.82) is 0 Å². The molecule has 0 N–H and O–H groups in total. The van der Waals surface area contributed by atoms with Gasteiger partial charge in [-0.1, -0.05) is 6.92 Å². The van der Waals surface area contributed by atoms with Crippen LogP contribution in [0.1, 0.15) is 20.3 Å². The molecule has 2 aliphatic rings. The zero-order valence-corrected chi connectivity index (χ0v) is 8.94. The van der Waals surface area contributed by atoms with Gasteiger partial charge in [0, 0.05) is 30.6 Å². The maximum atomic E-state index is 2.69. The minimum Gasteiger partial charge on any atom is -0.299 e. The van der Waals surface area contributed by atoms with Crippen LogP contribution in [0.25, 0.3) is 0 Å². The monoisotopic (exact) mass is 185 g/mol. The van der Waals surface area contributed by atoms with Crippen LogP contribution in [0.15, 0.2) is 0 Å². The third kappa shape index (κ3) is 1.97. The molecule has 1 aliphatic carbocycles. The highest BCUT2D eigenvalue weighted by molar-refractivity contribution is 7.99. The third-order valence-corrected chi connectivity index (χ3v) is 4.44. The summed E-state index contributed by atoms with van der Waals surface area (Å²) in [5.41, 5.74) is 0. The van der Waals surface area contributed by atoms with E-state index in [1.54, 1.807) is 0 Å². The first-order valence-electron chi connectivity index (χ1n) is 5.09. The minimum atomic E-state index is 0.830. The van der Waals surface area contributed by atoms with Crippen molar-refractivity contribution >= 4 is 11.8 Å². The van der Waals surface area contributed by atoms with Gasteiger partial charge in [-0.2, -0.15) is 11.8 Å². The molecule has 2 rings (SSSR count). The Morgan fingerprint density at radius 1 is 1.42 bits per heavy atom. The zero-order chi connectivity index (χ0) is 8.55. The Morgan fingerprint density at radius 2 is 2.17 bits per heavy atom. The van der Waals surface area contributed by atoms with E-state index in [0.29, 0.717) is 0 Å². The fraction of sp³-hybridized carbons (Fsp3) is 1.00. The fourth-order valence-electron chi connectivity index (χ4n) is 1.99. The molecule has 0 aromatic carbocycles. The Balaban J connectivity index is 1.77. The Morgan fingerprint density at radius 3 is 2.75 bits per heavy atom. The summed E-state index contributed by atoms with van der Waals surface area (Å²) >= 11 is 2.11. The number of thioether (sulfide) groups is 1. The van der Waals surface area contributed by atoms with Crippen LogP contribution in [0.2, 0.25) is 0 Å². The largest absolute Gasteiger partial charge is 0.299 e. The van der Waals surface area contributed by atoms with Gasteiger partial charge in [0.2, 0.25) is 0 Å². The van der Waals surface area contributed by atoms with Gasteiger partial charge >= 0.3 is 0 Å². The van der Waals surface area contributed by atoms with Crippen molar-refractivity contribution in [3.05, 3.63) is 0 Å². The zero-order valence-electron chi connectivity index (χ0n) is 8.12. The van der Waals surface area contributed by atoms with E-state index in [9.17, 15) is 0 Å². The van der Waals surface area contributed by atoms with Crippen molar-refractivity contribution < 1.29 is 0 Å². The van der Waals surface area contributed by atoms with Gasteiger partial charge in [-0.15, -0.1) is 0 Å². The normalized spacial score (nSPS) is 43.0. The molecule has 3 atom stereocenters. The smallest absolute Gasteiger partial charge is 0.0158 e. The molecule has 2 heteroatoms. The van der Waals surface area contributed by atoms with Crippen LogP contribution in [0, 0.1) is 11.8 Å². The maximum Gasteiger partial charge on any atom is 0.0158 e. The van der Waals surface area contributed by atoms with Gasteiger partial charge in [0.05, 0.1) is 0 Å².